The minimum atomic E-state index is -0.525. The van der Waals surface area contributed by atoms with Gasteiger partial charge in [-0.1, -0.05) is 0 Å². The van der Waals surface area contributed by atoms with E-state index in [4.69, 9.17) is 14.2 Å². The first-order chi connectivity index (χ1) is 14.3. The zero-order valence-corrected chi connectivity index (χ0v) is 20.2. The highest BCUT2D eigenvalue weighted by Gasteiger charge is 2.55. The van der Waals surface area contributed by atoms with Crippen LogP contribution in [-0.4, -0.2) is 71.7 Å². The maximum absolute atomic E-state index is 12.6. The normalized spacial score (nSPS) is 31.6. The van der Waals surface area contributed by atoms with E-state index in [9.17, 15) is 9.59 Å². The van der Waals surface area contributed by atoms with Gasteiger partial charge in [0, 0.05) is 31.2 Å². The monoisotopic (exact) mass is 439 g/mol. The van der Waals surface area contributed by atoms with Crippen molar-refractivity contribution < 1.29 is 23.8 Å². The molecule has 2 heterocycles. The van der Waals surface area contributed by atoms with Gasteiger partial charge in [-0.3, -0.25) is 0 Å². The molecule has 8 nitrogen and oxygen atoms in total. The smallest absolute Gasteiger partial charge is 0.410 e. The minimum Gasteiger partial charge on any atom is -0.444 e. The summed E-state index contributed by atoms with van der Waals surface area (Å²) >= 11 is 0. The lowest BCUT2D eigenvalue weighted by molar-refractivity contribution is -0.0382. The number of carbonyl (C=O) groups is 2. The predicted octanol–water partition coefficient (Wildman–Crippen LogP) is 3.43. The number of fused-ring (bicyclic) bond motifs is 1. The van der Waals surface area contributed by atoms with Crippen LogP contribution in [0.2, 0.25) is 0 Å². The molecule has 2 amide bonds. The summed E-state index contributed by atoms with van der Waals surface area (Å²) in [6.45, 7) is 14.9. The van der Waals surface area contributed by atoms with Crippen LogP contribution in [0.3, 0.4) is 0 Å². The molecule has 0 spiro atoms. The van der Waals surface area contributed by atoms with Crippen molar-refractivity contribution in [3.8, 4) is 0 Å². The number of ether oxygens (including phenoxy) is 3. The van der Waals surface area contributed by atoms with Crippen molar-refractivity contribution in [2.45, 2.75) is 116 Å². The van der Waals surface area contributed by atoms with Crippen molar-refractivity contribution >= 4 is 12.2 Å². The van der Waals surface area contributed by atoms with Crippen molar-refractivity contribution in [2.24, 2.45) is 5.92 Å². The predicted molar refractivity (Wildman–Crippen MR) is 118 cm³/mol. The molecule has 0 bridgehead atoms. The lowest BCUT2D eigenvalue weighted by Gasteiger charge is -2.49. The Labute approximate surface area is 186 Å². The fraction of sp³-hybridized carbons (Fsp3) is 0.913. The molecular formula is C23H41N3O5. The van der Waals surface area contributed by atoms with Gasteiger partial charge in [0.2, 0.25) is 0 Å². The summed E-state index contributed by atoms with van der Waals surface area (Å²) in [5.74, 6) is 0.321. The van der Waals surface area contributed by atoms with Gasteiger partial charge in [-0.05, 0) is 74.1 Å². The highest BCUT2D eigenvalue weighted by atomic mass is 16.6. The van der Waals surface area contributed by atoms with Gasteiger partial charge >= 0.3 is 12.2 Å². The maximum Gasteiger partial charge on any atom is 0.410 e. The van der Waals surface area contributed by atoms with Crippen LogP contribution in [-0.2, 0) is 14.2 Å². The molecule has 0 aromatic carbocycles. The largest absolute Gasteiger partial charge is 0.444 e. The van der Waals surface area contributed by atoms with E-state index in [0.717, 1.165) is 38.8 Å². The second kappa shape index (κ2) is 9.14. The van der Waals surface area contributed by atoms with Gasteiger partial charge in [-0.15, -0.1) is 0 Å². The number of amides is 2. The zero-order chi connectivity index (χ0) is 23.0. The van der Waals surface area contributed by atoms with E-state index in [-0.39, 0.29) is 42.5 Å². The van der Waals surface area contributed by atoms with Gasteiger partial charge in [0.1, 0.15) is 11.2 Å². The Hall–Kier alpha value is -1.54. The summed E-state index contributed by atoms with van der Waals surface area (Å²) in [6.07, 6.45) is 3.28. The topological polar surface area (TPSA) is 89.1 Å². The summed E-state index contributed by atoms with van der Waals surface area (Å²) < 4.78 is 17.0. The summed E-state index contributed by atoms with van der Waals surface area (Å²) in [5.41, 5.74) is -1.02. The highest BCUT2D eigenvalue weighted by Crippen LogP contribution is 2.39. The van der Waals surface area contributed by atoms with Gasteiger partial charge < -0.3 is 29.7 Å². The van der Waals surface area contributed by atoms with Crippen molar-refractivity contribution in [1.82, 2.24) is 15.5 Å². The molecule has 3 rings (SSSR count). The van der Waals surface area contributed by atoms with Crippen LogP contribution >= 0.6 is 0 Å². The SMILES string of the molecule is CC(CC1CCCN1C(=O)OC(C)(C)C)NC1C(NC(=O)OC(C)(C)C)C2CCOC21. The third-order valence-electron chi connectivity index (χ3n) is 6.18. The molecule has 1 aliphatic carbocycles. The van der Waals surface area contributed by atoms with E-state index < -0.39 is 11.2 Å². The Morgan fingerprint density at radius 2 is 1.74 bits per heavy atom. The number of rotatable bonds is 5. The van der Waals surface area contributed by atoms with Gasteiger partial charge in [0.15, 0.2) is 0 Å². The van der Waals surface area contributed by atoms with Gasteiger partial charge in [0.05, 0.1) is 18.2 Å². The number of nitrogens with one attached hydrogen (secondary N) is 2. The molecule has 2 aliphatic heterocycles. The van der Waals surface area contributed by atoms with Gasteiger partial charge in [-0.2, -0.15) is 0 Å². The molecule has 2 N–H and O–H groups in total. The molecule has 3 fully saturated rings. The molecule has 6 unspecified atom stereocenters. The van der Waals surface area contributed by atoms with Crippen molar-refractivity contribution in [3.63, 3.8) is 0 Å². The lowest BCUT2D eigenvalue weighted by Crippen LogP contribution is -2.71. The van der Waals surface area contributed by atoms with Crippen LogP contribution in [0.4, 0.5) is 9.59 Å². The first-order valence-corrected chi connectivity index (χ1v) is 11.7. The number of likely N-dealkylation sites (tertiary alicyclic amines) is 1. The van der Waals surface area contributed by atoms with Crippen molar-refractivity contribution in [2.75, 3.05) is 13.2 Å². The molecule has 178 valence electrons. The molecule has 0 radical (unpaired) electrons. The van der Waals surface area contributed by atoms with Gasteiger partial charge in [0.25, 0.3) is 0 Å². The first-order valence-electron chi connectivity index (χ1n) is 11.7. The molecule has 8 heteroatoms. The van der Waals surface area contributed by atoms with Crippen molar-refractivity contribution in [3.05, 3.63) is 0 Å². The third kappa shape index (κ3) is 6.25. The third-order valence-corrected chi connectivity index (χ3v) is 6.18. The number of hydrogen-bond acceptors (Lipinski definition) is 6. The molecular weight excluding hydrogens is 398 g/mol. The van der Waals surface area contributed by atoms with Crippen LogP contribution in [0.1, 0.15) is 74.1 Å². The number of hydrogen-bond donors (Lipinski definition) is 2. The van der Waals surface area contributed by atoms with E-state index in [1.165, 1.54) is 0 Å². The average Bonchev–Trinajstić information content (AvgIpc) is 3.22. The molecule has 0 aromatic rings. The Kier molecular flexibility index (Phi) is 7.11. The van der Waals surface area contributed by atoms with E-state index in [2.05, 4.69) is 17.6 Å². The second-order valence-electron chi connectivity index (χ2n) is 11.3. The van der Waals surface area contributed by atoms with E-state index in [1.54, 1.807) is 0 Å². The summed E-state index contributed by atoms with van der Waals surface area (Å²) in [6, 6.07) is 0.378. The van der Waals surface area contributed by atoms with Crippen LogP contribution in [0.15, 0.2) is 0 Å². The highest BCUT2D eigenvalue weighted by molar-refractivity contribution is 5.69. The molecule has 0 aromatic heterocycles. The number of nitrogens with zero attached hydrogens (tertiary/aromatic N) is 1. The lowest BCUT2D eigenvalue weighted by atomic mass is 9.71. The molecule has 1 saturated carbocycles. The summed E-state index contributed by atoms with van der Waals surface area (Å²) in [4.78, 5) is 26.8. The maximum atomic E-state index is 12.6. The fourth-order valence-corrected chi connectivity index (χ4v) is 4.99. The Balaban J connectivity index is 1.55. The summed E-state index contributed by atoms with van der Waals surface area (Å²) in [7, 11) is 0. The molecule has 3 aliphatic rings. The fourth-order valence-electron chi connectivity index (χ4n) is 4.99. The molecule has 6 atom stereocenters. The van der Waals surface area contributed by atoms with E-state index >= 15 is 0 Å². The Morgan fingerprint density at radius 1 is 1.06 bits per heavy atom. The first kappa shape index (κ1) is 24.1. The second-order valence-corrected chi connectivity index (χ2v) is 11.3. The van der Waals surface area contributed by atoms with E-state index in [1.807, 2.05) is 46.4 Å². The summed E-state index contributed by atoms with van der Waals surface area (Å²) in [5, 5.41) is 6.72. The van der Waals surface area contributed by atoms with Crippen LogP contribution in [0.25, 0.3) is 0 Å². The standard InChI is InChI=1S/C23H41N3O5/c1-14(13-15-9-8-11-26(15)21(28)31-23(5,6)7)24-18-17(16-10-12-29-19(16)18)25-20(27)30-22(2,3)4/h14-19,24H,8-13H2,1-7H3,(H,25,27). The number of alkyl carbamates (subject to hydrolysis) is 1. The van der Waals surface area contributed by atoms with Crippen LogP contribution in [0, 0.1) is 5.92 Å². The van der Waals surface area contributed by atoms with Crippen molar-refractivity contribution in [1.29, 1.82) is 0 Å². The molecule has 31 heavy (non-hydrogen) atoms. The van der Waals surface area contributed by atoms with Crippen LogP contribution in [0.5, 0.6) is 0 Å². The van der Waals surface area contributed by atoms with Gasteiger partial charge in [-0.25, -0.2) is 9.59 Å². The zero-order valence-electron chi connectivity index (χ0n) is 20.2. The average molecular weight is 440 g/mol. The number of carbonyl (C=O) groups excluding carboxylic acids is 2. The van der Waals surface area contributed by atoms with Crippen LogP contribution < -0.4 is 10.6 Å². The Bertz CT molecular complexity index is 657. The quantitative estimate of drug-likeness (QED) is 0.682. The minimum absolute atomic E-state index is 0.00432. The molecule has 2 saturated heterocycles. The Morgan fingerprint density at radius 3 is 2.39 bits per heavy atom. The van der Waals surface area contributed by atoms with E-state index in [0.29, 0.717) is 5.92 Å².